The van der Waals surface area contributed by atoms with Crippen LogP contribution in [0.4, 0.5) is 10.1 Å². The van der Waals surface area contributed by atoms with Crippen LogP contribution >= 0.6 is 0 Å². The van der Waals surface area contributed by atoms with E-state index in [9.17, 15) is 12.8 Å². The normalized spacial score (nSPS) is 18.3. The summed E-state index contributed by atoms with van der Waals surface area (Å²) in [5, 5.41) is 0. The van der Waals surface area contributed by atoms with Gasteiger partial charge in [0.2, 0.25) is 10.0 Å². The average Bonchev–Trinajstić information content (AvgIpc) is 2.42. The van der Waals surface area contributed by atoms with Gasteiger partial charge in [0.05, 0.1) is 10.6 Å². The number of piperazine rings is 1. The standard InChI is InChI=1S/C14H22FN3O2S/c1-10(2)17-4-6-18(7-5-17)21(19,20)14-9-13(16)12(15)8-11(14)3/h8-10H,4-7,16H2,1-3H3. The maximum Gasteiger partial charge on any atom is 0.243 e. The van der Waals surface area contributed by atoms with Crippen LogP contribution in [0.1, 0.15) is 19.4 Å². The first-order chi connectivity index (χ1) is 9.73. The second-order valence-corrected chi connectivity index (χ2v) is 7.58. The number of hydrogen-bond acceptors (Lipinski definition) is 4. The molecule has 0 spiro atoms. The molecule has 0 aliphatic carbocycles. The minimum atomic E-state index is -3.62. The van der Waals surface area contributed by atoms with E-state index in [4.69, 9.17) is 5.73 Å². The van der Waals surface area contributed by atoms with Gasteiger partial charge in [0.25, 0.3) is 0 Å². The Bertz CT molecular complexity index is 623. The van der Waals surface area contributed by atoms with Gasteiger partial charge >= 0.3 is 0 Å². The Kier molecular flexibility index (Phi) is 4.55. The highest BCUT2D eigenvalue weighted by Crippen LogP contribution is 2.25. The molecule has 2 rings (SSSR count). The number of halogens is 1. The highest BCUT2D eigenvalue weighted by molar-refractivity contribution is 7.89. The average molecular weight is 315 g/mol. The van der Waals surface area contributed by atoms with Crippen molar-refractivity contribution in [3.05, 3.63) is 23.5 Å². The van der Waals surface area contributed by atoms with Gasteiger partial charge in [0.1, 0.15) is 5.82 Å². The van der Waals surface area contributed by atoms with Crippen LogP contribution in [0.3, 0.4) is 0 Å². The third-order valence-corrected chi connectivity index (χ3v) is 5.96. The fraction of sp³-hybridized carbons (Fsp3) is 0.571. The zero-order valence-corrected chi connectivity index (χ0v) is 13.5. The third-order valence-electron chi connectivity index (χ3n) is 3.92. The first kappa shape index (κ1) is 16.2. The van der Waals surface area contributed by atoms with E-state index in [0.717, 1.165) is 0 Å². The fourth-order valence-electron chi connectivity index (χ4n) is 2.55. The van der Waals surface area contributed by atoms with Gasteiger partial charge in [-0.25, -0.2) is 12.8 Å². The van der Waals surface area contributed by atoms with Gasteiger partial charge < -0.3 is 5.73 Å². The Balaban J connectivity index is 2.26. The summed E-state index contributed by atoms with van der Waals surface area (Å²) < 4.78 is 40.2. The third kappa shape index (κ3) is 3.20. The van der Waals surface area contributed by atoms with Crippen LogP contribution in [0.2, 0.25) is 0 Å². The molecule has 0 atom stereocenters. The molecule has 21 heavy (non-hydrogen) atoms. The van der Waals surface area contributed by atoms with Crippen molar-refractivity contribution in [2.75, 3.05) is 31.9 Å². The molecule has 7 heteroatoms. The molecule has 1 fully saturated rings. The van der Waals surface area contributed by atoms with Crippen molar-refractivity contribution in [2.45, 2.75) is 31.7 Å². The summed E-state index contributed by atoms with van der Waals surface area (Å²) in [7, 11) is -3.62. The van der Waals surface area contributed by atoms with Gasteiger partial charge in [0, 0.05) is 32.2 Å². The van der Waals surface area contributed by atoms with E-state index in [-0.39, 0.29) is 10.6 Å². The zero-order chi connectivity index (χ0) is 15.8. The summed E-state index contributed by atoms with van der Waals surface area (Å²) in [5.74, 6) is -0.587. The van der Waals surface area contributed by atoms with Gasteiger partial charge in [-0.3, -0.25) is 4.90 Å². The quantitative estimate of drug-likeness (QED) is 0.857. The van der Waals surface area contributed by atoms with E-state index >= 15 is 0 Å². The molecule has 118 valence electrons. The van der Waals surface area contributed by atoms with E-state index in [1.165, 1.54) is 16.4 Å². The minimum Gasteiger partial charge on any atom is -0.396 e. The molecular weight excluding hydrogens is 293 g/mol. The van der Waals surface area contributed by atoms with Gasteiger partial charge in [-0.15, -0.1) is 0 Å². The Hall–Kier alpha value is -1.18. The molecule has 0 bridgehead atoms. The minimum absolute atomic E-state index is 0.0967. The lowest BCUT2D eigenvalue weighted by Crippen LogP contribution is -2.50. The number of anilines is 1. The number of aryl methyl sites for hydroxylation is 1. The zero-order valence-electron chi connectivity index (χ0n) is 12.6. The lowest BCUT2D eigenvalue weighted by Gasteiger charge is -2.36. The highest BCUT2D eigenvalue weighted by Gasteiger charge is 2.30. The molecule has 1 heterocycles. The van der Waals surface area contributed by atoms with E-state index in [1.807, 2.05) is 0 Å². The molecule has 0 amide bonds. The molecule has 1 aromatic rings. The largest absolute Gasteiger partial charge is 0.396 e. The van der Waals surface area contributed by atoms with Crippen LogP contribution in [-0.2, 0) is 10.0 Å². The lowest BCUT2D eigenvalue weighted by molar-refractivity contribution is 0.154. The van der Waals surface area contributed by atoms with Gasteiger partial charge in [-0.1, -0.05) is 0 Å². The fourth-order valence-corrected chi connectivity index (χ4v) is 4.21. The van der Waals surface area contributed by atoms with Gasteiger partial charge in [-0.2, -0.15) is 4.31 Å². The first-order valence-corrected chi connectivity index (χ1v) is 8.47. The maximum absolute atomic E-state index is 13.4. The molecule has 1 aromatic carbocycles. The summed E-state index contributed by atoms with van der Waals surface area (Å²) in [6.07, 6.45) is 0. The van der Waals surface area contributed by atoms with Gasteiger partial charge in [-0.05, 0) is 38.5 Å². The number of nitrogens with two attached hydrogens (primary N) is 1. The van der Waals surface area contributed by atoms with Crippen LogP contribution in [-0.4, -0.2) is 49.8 Å². The monoisotopic (exact) mass is 315 g/mol. The summed E-state index contributed by atoms with van der Waals surface area (Å²) in [5.41, 5.74) is 5.75. The van der Waals surface area contributed by atoms with Crippen molar-refractivity contribution < 1.29 is 12.8 Å². The molecular formula is C14H22FN3O2S. The van der Waals surface area contributed by atoms with E-state index in [1.54, 1.807) is 6.92 Å². The van der Waals surface area contributed by atoms with Crippen molar-refractivity contribution in [1.29, 1.82) is 0 Å². The van der Waals surface area contributed by atoms with Crippen LogP contribution < -0.4 is 5.73 Å². The molecule has 0 radical (unpaired) electrons. The summed E-state index contributed by atoms with van der Waals surface area (Å²) >= 11 is 0. The van der Waals surface area contributed by atoms with E-state index in [2.05, 4.69) is 18.7 Å². The van der Waals surface area contributed by atoms with Gasteiger partial charge in [0.15, 0.2) is 0 Å². The number of nitrogen functional groups attached to an aromatic ring is 1. The number of nitrogens with zero attached hydrogens (tertiary/aromatic N) is 2. The smallest absolute Gasteiger partial charge is 0.243 e. The second kappa shape index (κ2) is 5.90. The maximum atomic E-state index is 13.4. The van der Waals surface area contributed by atoms with Crippen molar-refractivity contribution >= 4 is 15.7 Å². The summed E-state index contributed by atoms with van der Waals surface area (Å²) in [6.45, 7) is 8.05. The number of rotatable bonds is 3. The van der Waals surface area contributed by atoms with Crippen LogP contribution in [0.5, 0.6) is 0 Å². The lowest BCUT2D eigenvalue weighted by atomic mass is 10.2. The van der Waals surface area contributed by atoms with Crippen LogP contribution in [0, 0.1) is 12.7 Å². The number of sulfonamides is 1. The first-order valence-electron chi connectivity index (χ1n) is 7.03. The number of benzene rings is 1. The topological polar surface area (TPSA) is 66.6 Å². The van der Waals surface area contributed by atoms with Crippen molar-refractivity contribution in [2.24, 2.45) is 0 Å². The van der Waals surface area contributed by atoms with Crippen LogP contribution in [0.25, 0.3) is 0 Å². The highest BCUT2D eigenvalue weighted by atomic mass is 32.2. The Morgan fingerprint density at radius 2 is 1.76 bits per heavy atom. The molecule has 0 unspecified atom stereocenters. The van der Waals surface area contributed by atoms with Crippen molar-refractivity contribution in [3.8, 4) is 0 Å². The number of hydrogen-bond donors (Lipinski definition) is 1. The molecule has 5 nitrogen and oxygen atoms in total. The second-order valence-electron chi connectivity index (χ2n) is 5.67. The molecule has 1 saturated heterocycles. The Morgan fingerprint density at radius 3 is 2.29 bits per heavy atom. The molecule has 1 aliphatic rings. The van der Waals surface area contributed by atoms with Crippen LogP contribution in [0.15, 0.2) is 17.0 Å². The molecule has 0 aromatic heterocycles. The summed E-state index contributed by atoms with van der Waals surface area (Å²) in [4.78, 5) is 2.33. The van der Waals surface area contributed by atoms with Crippen molar-refractivity contribution in [3.63, 3.8) is 0 Å². The Labute approximate surface area is 125 Å². The SMILES string of the molecule is Cc1cc(F)c(N)cc1S(=O)(=O)N1CCN(C(C)C)CC1. The summed E-state index contributed by atoms with van der Waals surface area (Å²) in [6, 6.07) is 2.79. The Morgan fingerprint density at radius 1 is 1.19 bits per heavy atom. The van der Waals surface area contributed by atoms with E-state index in [0.29, 0.717) is 37.8 Å². The molecule has 0 saturated carbocycles. The predicted octanol–water partition coefficient (Wildman–Crippen LogP) is 1.43. The molecule has 1 aliphatic heterocycles. The van der Waals surface area contributed by atoms with E-state index < -0.39 is 15.8 Å². The predicted molar refractivity (Wildman–Crippen MR) is 81.0 cm³/mol. The van der Waals surface area contributed by atoms with Crippen molar-refractivity contribution in [1.82, 2.24) is 9.21 Å². The molecule has 2 N–H and O–H groups in total.